The maximum absolute atomic E-state index is 15.4. The van der Waals surface area contributed by atoms with E-state index in [-0.39, 0.29) is 23.7 Å². The predicted octanol–water partition coefficient (Wildman–Crippen LogP) is 9.55. The molecule has 6 rings (SSSR count). The average Bonchev–Trinajstić information content (AvgIpc) is 3.83. The second kappa shape index (κ2) is 12.6. The van der Waals surface area contributed by atoms with Gasteiger partial charge < -0.3 is 9.84 Å². The summed E-state index contributed by atoms with van der Waals surface area (Å²) >= 11 is 0. The number of epoxide rings is 1. The van der Waals surface area contributed by atoms with Crippen LogP contribution in [-0.2, 0) is 4.74 Å². The molecule has 4 fully saturated rings. The fraction of sp³-hybridized carbons (Fsp3) is 0.667. The summed E-state index contributed by atoms with van der Waals surface area (Å²) in [6.45, 7) is 3.05. The summed E-state index contributed by atoms with van der Waals surface area (Å²) in [5.41, 5.74) is 3.02. The van der Waals surface area contributed by atoms with Gasteiger partial charge in [0.1, 0.15) is 11.6 Å². The van der Waals surface area contributed by atoms with Crippen molar-refractivity contribution < 1.29 is 18.6 Å². The number of ether oxygens (including phenoxy) is 1. The van der Waals surface area contributed by atoms with Crippen molar-refractivity contribution in [1.29, 1.82) is 0 Å². The van der Waals surface area contributed by atoms with Gasteiger partial charge in [-0.25, -0.2) is 8.78 Å². The Morgan fingerprint density at radius 3 is 1.98 bits per heavy atom. The average molecular weight is 551 g/mol. The molecule has 40 heavy (non-hydrogen) atoms. The second-order valence-corrected chi connectivity index (χ2v) is 13.6. The Morgan fingerprint density at radius 1 is 0.750 bits per heavy atom. The summed E-state index contributed by atoms with van der Waals surface area (Å²) in [6, 6.07) is 11.0. The number of aliphatic hydroxyl groups excluding tert-OH is 1. The van der Waals surface area contributed by atoms with Crippen molar-refractivity contribution in [1.82, 2.24) is 0 Å². The van der Waals surface area contributed by atoms with E-state index in [2.05, 4.69) is 13.0 Å². The molecule has 218 valence electrons. The molecule has 3 aliphatic carbocycles. The lowest BCUT2D eigenvalue weighted by molar-refractivity contribution is 0.0528. The van der Waals surface area contributed by atoms with Crippen LogP contribution in [0.15, 0.2) is 36.4 Å². The van der Waals surface area contributed by atoms with Crippen molar-refractivity contribution in [2.75, 3.05) is 6.61 Å². The standard InChI is InChI=1S/C36H48F2O2/c1-2-3-35(39)27-12-8-24(9-13-27)23-4-6-25(7-5-23)29-16-18-32(33(37)20-29)30-17-19-31(34(38)21-30)26-10-14-28(15-11-26)36-22-40-36/h16-21,23-28,35-36,39H,2-15,22H2,1H3. The molecule has 1 saturated heterocycles. The van der Waals surface area contributed by atoms with E-state index >= 15 is 8.78 Å². The molecule has 1 N–H and O–H groups in total. The van der Waals surface area contributed by atoms with Gasteiger partial charge in [0.25, 0.3) is 0 Å². The highest BCUT2D eigenvalue weighted by molar-refractivity contribution is 5.65. The third-order valence-corrected chi connectivity index (χ3v) is 11.3. The molecule has 4 heteroatoms. The summed E-state index contributed by atoms with van der Waals surface area (Å²) in [5.74, 6) is 2.97. The molecule has 2 nitrogen and oxygen atoms in total. The van der Waals surface area contributed by atoms with Gasteiger partial charge in [0.2, 0.25) is 0 Å². The summed E-state index contributed by atoms with van der Waals surface area (Å²) < 4.78 is 36.1. The molecule has 0 bridgehead atoms. The van der Waals surface area contributed by atoms with Gasteiger partial charge in [0, 0.05) is 5.56 Å². The van der Waals surface area contributed by atoms with Gasteiger partial charge in [0.15, 0.2) is 0 Å². The van der Waals surface area contributed by atoms with Gasteiger partial charge in [-0.1, -0.05) is 37.6 Å². The molecule has 0 spiro atoms. The Labute approximate surface area is 239 Å². The number of hydrogen-bond donors (Lipinski definition) is 1. The highest BCUT2D eigenvalue weighted by atomic mass is 19.1. The smallest absolute Gasteiger partial charge is 0.131 e. The van der Waals surface area contributed by atoms with Crippen molar-refractivity contribution >= 4 is 0 Å². The molecule has 4 aliphatic rings. The van der Waals surface area contributed by atoms with Gasteiger partial charge >= 0.3 is 0 Å². The van der Waals surface area contributed by atoms with Crippen molar-refractivity contribution in [2.24, 2.45) is 23.7 Å². The lowest BCUT2D eigenvalue weighted by Gasteiger charge is -2.39. The summed E-state index contributed by atoms with van der Waals surface area (Å²) in [4.78, 5) is 0. The van der Waals surface area contributed by atoms with Crippen LogP contribution in [0.4, 0.5) is 8.78 Å². The van der Waals surface area contributed by atoms with Crippen molar-refractivity contribution in [3.63, 3.8) is 0 Å². The van der Waals surface area contributed by atoms with E-state index < -0.39 is 0 Å². The molecular weight excluding hydrogens is 502 g/mol. The molecule has 3 saturated carbocycles. The number of benzene rings is 2. The van der Waals surface area contributed by atoms with E-state index in [1.807, 2.05) is 18.2 Å². The fourth-order valence-corrected chi connectivity index (χ4v) is 8.63. The molecule has 2 aromatic carbocycles. The second-order valence-electron chi connectivity index (χ2n) is 13.6. The Kier molecular flexibility index (Phi) is 8.94. The first-order valence-corrected chi connectivity index (χ1v) is 16.4. The third kappa shape index (κ3) is 6.33. The molecule has 0 amide bonds. The van der Waals surface area contributed by atoms with E-state index in [1.54, 1.807) is 12.1 Å². The fourth-order valence-electron chi connectivity index (χ4n) is 8.63. The summed E-state index contributed by atoms with van der Waals surface area (Å²) in [6.07, 6.45) is 16.2. The third-order valence-electron chi connectivity index (χ3n) is 11.3. The SMILES string of the molecule is CCCC(O)C1CCC(C2CCC(c3ccc(-c4ccc(C5CCC(C6CO6)CC5)c(F)c4)c(F)c3)CC2)CC1. The minimum atomic E-state index is -0.235. The van der Waals surface area contributed by atoms with E-state index in [4.69, 9.17) is 4.74 Å². The number of aliphatic hydroxyl groups is 1. The first-order chi connectivity index (χ1) is 19.5. The number of halogens is 2. The van der Waals surface area contributed by atoms with Crippen LogP contribution in [0.3, 0.4) is 0 Å². The van der Waals surface area contributed by atoms with Crippen LogP contribution in [0.1, 0.15) is 120 Å². The lowest BCUT2D eigenvalue weighted by Crippen LogP contribution is -2.30. The zero-order valence-corrected chi connectivity index (χ0v) is 24.3. The molecule has 1 heterocycles. The minimum Gasteiger partial charge on any atom is -0.393 e. The maximum Gasteiger partial charge on any atom is 0.131 e. The molecule has 2 atom stereocenters. The molecule has 1 aliphatic heterocycles. The predicted molar refractivity (Wildman–Crippen MR) is 157 cm³/mol. The van der Waals surface area contributed by atoms with E-state index in [9.17, 15) is 5.11 Å². The Hall–Kier alpha value is -1.78. The zero-order valence-electron chi connectivity index (χ0n) is 24.3. The number of hydrogen-bond acceptors (Lipinski definition) is 2. The number of rotatable bonds is 8. The van der Waals surface area contributed by atoms with Crippen molar-refractivity contribution in [3.8, 4) is 11.1 Å². The maximum atomic E-state index is 15.4. The van der Waals surface area contributed by atoms with E-state index in [0.717, 1.165) is 80.9 Å². The Morgan fingerprint density at radius 2 is 1.38 bits per heavy atom. The van der Waals surface area contributed by atoms with Crippen molar-refractivity contribution in [2.45, 2.75) is 121 Å². The van der Waals surface area contributed by atoms with Crippen LogP contribution < -0.4 is 0 Å². The van der Waals surface area contributed by atoms with E-state index in [0.29, 0.717) is 35.0 Å². The highest BCUT2D eigenvalue weighted by Crippen LogP contribution is 2.45. The largest absolute Gasteiger partial charge is 0.393 e. The van der Waals surface area contributed by atoms with Gasteiger partial charge in [-0.2, -0.15) is 0 Å². The summed E-state index contributed by atoms with van der Waals surface area (Å²) in [5, 5.41) is 10.4. The topological polar surface area (TPSA) is 32.8 Å². The highest BCUT2D eigenvalue weighted by Gasteiger charge is 2.36. The van der Waals surface area contributed by atoms with Crippen molar-refractivity contribution in [3.05, 3.63) is 59.2 Å². The van der Waals surface area contributed by atoms with Gasteiger partial charge in [-0.05, 0) is 148 Å². The van der Waals surface area contributed by atoms with Crippen LogP contribution in [0, 0.1) is 35.3 Å². The van der Waals surface area contributed by atoms with Gasteiger partial charge in [0.05, 0.1) is 18.8 Å². The van der Waals surface area contributed by atoms with Gasteiger partial charge in [-0.15, -0.1) is 0 Å². The first-order valence-electron chi connectivity index (χ1n) is 16.4. The lowest BCUT2D eigenvalue weighted by atomic mass is 9.67. The minimum absolute atomic E-state index is 0.110. The normalized spacial score (nSPS) is 33.5. The Bertz CT molecular complexity index is 1120. The van der Waals surface area contributed by atoms with Crippen LogP contribution in [0.25, 0.3) is 11.1 Å². The van der Waals surface area contributed by atoms with Crippen LogP contribution in [0.5, 0.6) is 0 Å². The molecule has 0 radical (unpaired) electrons. The quantitative estimate of drug-likeness (QED) is 0.332. The van der Waals surface area contributed by atoms with Crippen LogP contribution >= 0.6 is 0 Å². The Balaban J connectivity index is 1.03. The monoisotopic (exact) mass is 550 g/mol. The molecule has 0 aromatic heterocycles. The summed E-state index contributed by atoms with van der Waals surface area (Å²) in [7, 11) is 0. The molecule has 2 aromatic rings. The molecule has 2 unspecified atom stereocenters. The zero-order chi connectivity index (χ0) is 27.6. The van der Waals surface area contributed by atoms with Gasteiger partial charge in [-0.3, -0.25) is 0 Å². The first kappa shape index (κ1) is 28.3. The van der Waals surface area contributed by atoms with Crippen LogP contribution in [0.2, 0.25) is 0 Å². The molecular formula is C36H48F2O2. The van der Waals surface area contributed by atoms with Crippen LogP contribution in [-0.4, -0.2) is 23.9 Å². The van der Waals surface area contributed by atoms with E-state index in [1.165, 1.54) is 38.5 Å².